The minimum atomic E-state index is -2.87. The van der Waals surface area contributed by atoms with Gasteiger partial charge >= 0.3 is 5.97 Å². The zero-order chi connectivity index (χ0) is 20.5. The molecule has 9 N–H and O–H groups in total. The van der Waals surface area contributed by atoms with Crippen molar-refractivity contribution in [1.82, 2.24) is 0 Å². The van der Waals surface area contributed by atoms with Crippen molar-refractivity contribution in [2.75, 3.05) is 13.2 Å². The van der Waals surface area contributed by atoms with Crippen LogP contribution in [0.15, 0.2) is 0 Å². The van der Waals surface area contributed by atoms with Gasteiger partial charge in [0.2, 0.25) is 0 Å². The second-order valence-corrected chi connectivity index (χ2v) is 6.49. The molecule has 13 nitrogen and oxygen atoms in total. The Balaban J connectivity index is 2.18. The first-order valence-electron chi connectivity index (χ1n) is 8.12. The molecule has 2 aliphatic rings. The van der Waals surface area contributed by atoms with E-state index in [4.69, 9.17) is 24.4 Å². The molecule has 0 aromatic heterocycles. The van der Waals surface area contributed by atoms with E-state index in [0.717, 1.165) is 0 Å². The van der Waals surface area contributed by atoms with E-state index in [2.05, 4.69) is 0 Å². The van der Waals surface area contributed by atoms with Gasteiger partial charge in [-0.2, -0.15) is 0 Å². The second-order valence-electron chi connectivity index (χ2n) is 6.49. The van der Waals surface area contributed by atoms with Crippen LogP contribution in [0.5, 0.6) is 0 Å². The lowest BCUT2D eigenvalue weighted by molar-refractivity contribution is -0.349. The summed E-state index contributed by atoms with van der Waals surface area (Å²) in [6.45, 7) is -1.67. The average molecular weight is 400 g/mol. The predicted octanol–water partition coefficient (Wildman–Crippen LogP) is -5.55. The summed E-state index contributed by atoms with van der Waals surface area (Å²) in [4.78, 5) is 11.2. The maximum atomic E-state index is 11.2. The predicted molar refractivity (Wildman–Crippen MR) is 79.8 cm³/mol. The molecule has 0 bridgehead atoms. The highest BCUT2D eigenvalue weighted by Gasteiger charge is 2.54. The molecule has 0 spiro atoms. The molecular formula is C14H24O13. The van der Waals surface area contributed by atoms with Gasteiger partial charge in [0.15, 0.2) is 6.29 Å². The maximum Gasteiger partial charge on any atom is 0.364 e. The van der Waals surface area contributed by atoms with Crippen LogP contribution in [-0.2, 0) is 19.0 Å². The summed E-state index contributed by atoms with van der Waals surface area (Å²) in [6.07, 6.45) is -16.0. The Labute approximate surface area is 152 Å². The first kappa shape index (κ1) is 22.3. The van der Waals surface area contributed by atoms with Gasteiger partial charge in [-0.15, -0.1) is 0 Å². The van der Waals surface area contributed by atoms with Crippen molar-refractivity contribution in [2.24, 2.45) is 0 Å². The number of carbonyl (C=O) groups is 1. The Hall–Kier alpha value is -0.970. The molecule has 10 atom stereocenters. The van der Waals surface area contributed by atoms with Crippen LogP contribution >= 0.6 is 0 Å². The van der Waals surface area contributed by atoms with E-state index in [1.807, 2.05) is 0 Å². The van der Waals surface area contributed by atoms with Crippen molar-refractivity contribution >= 4 is 5.97 Å². The minimum Gasteiger partial charge on any atom is -0.477 e. The number of hydrogen-bond donors (Lipinski definition) is 9. The molecule has 2 rings (SSSR count). The van der Waals surface area contributed by atoms with Crippen LogP contribution in [-0.4, -0.2) is 126 Å². The van der Waals surface area contributed by atoms with E-state index in [0.29, 0.717) is 0 Å². The van der Waals surface area contributed by atoms with Crippen molar-refractivity contribution in [3.05, 3.63) is 0 Å². The summed E-state index contributed by atoms with van der Waals surface area (Å²) in [5.74, 6) is -4.71. The van der Waals surface area contributed by atoms with Crippen LogP contribution < -0.4 is 0 Å². The third kappa shape index (κ3) is 4.38. The van der Waals surface area contributed by atoms with Crippen molar-refractivity contribution in [1.29, 1.82) is 0 Å². The minimum absolute atomic E-state index is 0.741. The SMILES string of the molecule is O=C(O)[C@@]1(O)C[C@@H](O)[C@@H](O)[C@@H]([C@@H](CO)O[C@H]2O[C@H](CO)[C@H](O)[C@H](O)[C@H]2O)O1. The van der Waals surface area contributed by atoms with E-state index in [9.17, 15) is 40.5 Å². The lowest BCUT2D eigenvalue weighted by Gasteiger charge is -2.45. The topological polar surface area (TPSA) is 227 Å². The van der Waals surface area contributed by atoms with Crippen LogP contribution in [0.4, 0.5) is 0 Å². The fourth-order valence-corrected chi connectivity index (χ4v) is 2.98. The Kier molecular flexibility index (Phi) is 7.10. The maximum absolute atomic E-state index is 11.2. The highest BCUT2D eigenvalue weighted by atomic mass is 16.7. The van der Waals surface area contributed by atoms with Gasteiger partial charge in [-0.3, -0.25) is 0 Å². The second kappa shape index (κ2) is 8.59. The van der Waals surface area contributed by atoms with Gasteiger partial charge in [-0.1, -0.05) is 0 Å². The number of aliphatic hydroxyl groups excluding tert-OH is 7. The van der Waals surface area contributed by atoms with Crippen LogP contribution in [0.2, 0.25) is 0 Å². The van der Waals surface area contributed by atoms with Gasteiger partial charge < -0.3 is 60.2 Å². The van der Waals surface area contributed by atoms with E-state index in [-0.39, 0.29) is 0 Å². The number of aliphatic carboxylic acids is 1. The Morgan fingerprint density at radius 1 is 1.07 bits per heavy atom. The molecule has 0 aromatic rings. The van der Waals surface area contributed by atoms with Crippen LogP contribution in [0.25, 0.3) is 0 Å². The summed E-state index contributed by atoms with van der Waals surface area (Å²) in [7, 11) is 0. The number of hydrogen-bond acceptors (Lipinski definition) is 12. The van der Waals surface area contributed by atoms with Gasteiger partial charge in [0.05, 0.1) is 19.3 Å². The summed E-state index contributed by atoms with van der Waals surface area (Å²) < 4.78 is 15.2. The van der Waals surface area contributed by atoms with Gasteiger partial charge in [-0.05, 0) is 0 Å². The molecule has 2 saturated heterocycles. The van der Waals surface area contributed by atoms with Crippen molar-refractivity contribution in [2.45, 2.75) is 67.3 Å². The molecule has 0 aromatic carbocycles. The lowest BCUT2D eigenvalue weighted by Crippen LogP contribution is -2.64. The molecule has 0 aliphatic carbocycles. The number of carboxylic acid groups (broad SMARTS) is 1. The summed E-state index contributed by atoms with van der Waals surface area (Å²) in [5.41, 5.74) is 0. The standard InChI is InChI=1S/C14H24O13/c15-2-5-8(19)9(20)10(21)12(25-5)26-6(3-16)11-7(18)4(17)1-14(24,27-11)13(22)23/h4-12,15-21,24H,1-3H2,(H,22,23)/t4-,5-,6-,7-,8+,9+,10-,11-,12-,14-/m1/s1. The molecule has 2 aliphatic heterocycles. The van der Waals surface area contributed by atoms with E-state index in [1.165, 1.54) is 0 Å². The molecule has 0 amide bonds. The van der Waals surface area contributed by atoms with Gasteiger partial charge in [0.25, 0.3) is 5.79 Å². The molecule has 0 saturated carbocycles. The molecule has 158 valence electrons. The van der Waals surface area contributed by atoms with Crippen molar-refractivity contribution in [3.8, 4) is 0 Å². The molecule has 0 unspecified atom stereocenters. The summed E-state index contributed by atoms with van der Waals surface area (Å²) >= 11 is 0. The first-order valence-corrected chi connectivity index (χ1v) is 8.12. The first-order chi connectivity index (χ1) is 12.6. The van der Waals surface area contributed by atoms with Crippen LogP contribution in [0.1, 0.15) is 6.42 Å². The Bertz CT molecular complexity index is 515. The number of aliphatic hydroxyl groups is 8. The zero-order valence-electron chi connectivity index (χ0n) is 14.0. The molecule has 13 heteroatoms. The number of ether oxygens (including phenoxy) is 3. The normalized spacial score (nSPS) is 46.8. The number of rotatable bonds is 6. The van der Waals surface area contributed by atoms with Crippen LogP contribution in [0.3, 0.4) is 0 Å². The summed E-state index contributed by atoms with van der Waals surface area (Å²) in [5, 5.41) is 86.9. The molecular weight excluding hydrogens is 376 g/mol. The van der Waals surface area contributed by atoms with Crippen molar-refractivity contribution in [3.63, 3.8) is 0 Å². The Morgan fingerprint density at radius 3 is 2.22 bits per heavy atom. The Morgan fingerprint density at radius 2 is 1.70 bits per heavy atom. The van der Waals surface area contributed by atoms with E-state index in [1.54, 1.807) is 0 Å². The highest BCUT2D eigenvalue weighted by Crippen LogP contribution is 2.32. The highest BCUT2D eigenvalue weighted by molar-refractivity contribution is 5.75. The molecule has 0 radical (unpaired) electrons. The third-order valence-corrected chi connectivity index (χ3v) is 4.59. The molecule has 27 heavy (non-hydrogen) atoms. The third-order valence-electron chi connectivity index (χ3n) is 4.59. The summed E-state index contributed by atoms with van der Waals surface area (Å²) in [6, 6.07) is 0. The zero-order valence-corrected chi connectivity index (χ0v) is 14.0. The van der Waals surface area contributed by atoms with E-state index < -0.39 is 86.5 Å². The largest absolute Gasteiger partial charge is 0.477 e. The van der Waals surface area contributed by atoms with Gasteiger partial charge in [0.1, 0.15) is 42.7 Å². The van der Waals surface area contributed by atoms with Gasteiger partial charge in [-0.25, -0.2) is 4.79 Å². The lowest BCUT2D eigenvalue weighted by atomic mass is 9.92. The number of carboxylic acids is 1. The monoisotopic (exact) mass is 400 g/mol. The van der Waals surface area contributed by atoms with E-state index >= 15 is 0 Å². The van der Waals surface area contributed by atoms with Crippen molar-refractivity contribution < 1.29 is 65.0 Å². The quantitative estimate of drug-likeness (QED) is 0.203. The molecule has 2 fully saturated rings. The molecule has 2 heterocycles. The average Bonchev–Trinajstić information content (AvgIpc) is 2.62. The van der Waals surface area contributed by atoms with Gasteiger partial charge in [0, 0.05) is 6.42 Å². The van der Waals surface area contributed by atoms with Crippen LogP contribution in [0, 0.1) is 0 Å². The fraction of sp³-hybridized carbons (Fsp3) is 0.929. The fourth-order valence-electron chi connectivity index (χ4n) is 2.98. The smallest absolute Gasteiger partial charge is 0.364 e.